The number of benzene rings is 2. The summed E-state index contributed by atoms with van der Waals surface area (Å²) in [5.41, 5.74) is 13.8. The summed E-state index contributed by atoms with van der Waals surface area (Å²) in [6, 6.07) is 13.7. The summed E-state index contributed by atoms with van der Waals surface area (Å²) >= 11 is 3.38. The maximum absolute atomic E-state index is 10.9. The van der Waals surface area contributed by atoms with E-state index in [1.165, 1.54) is 10.4 Å². The highest BCUT2D eigenvalue weighted by Gasteiger charge is 2.31. The zero-order valence-electron chi connectivity index (χ0n) is 27.7. The van der Waals surface area contributed by atoms with E-state index in [0.717, 1.165) is 55.2 Å². The van der Waals surface area contributed by atoms with Crippen molar-refractivity contribution in [1.82, 2.24) is 19.7 Å². The van der Waals surface area contributed by atoms with Gasteiger partial charge in [-0.15, -0.1) is 32.9 Å². The molecule has 10 nitrogen and oxygen atoms in total. The number of nitrogens with zero attached hydrogens (tertiary/aromatic N) is 5. The number of nitrogens with two attached hydrogens (primary N) is 1. The van der Waals surface area contributed by atoms with Crippen molar-refractivity contribution in [2.24, 2.45) is 4.99 Å². The average molecular weight is 695 g/mol. The lowest BCUT2D eigenvalue weighted by Crippen LogP contribution is -2.09. The summed E-state index contributed by atoms with van der Waals surface area (Å²) in [6.07, 6.45) is 3.71. The van der Waals surface area contributed by atoms with Crippen molar-refractivity contribution in [3.05, 3.63) is 109 Å². The van der Waals surface area contributed by atoms with Gasteiger partial charge in [0.25, 0.3) is 0 Å². The molecular formula is C37H38N6O4S2. The van der Waals surface area contributed by atoms with Gasteiger partial charge in [0.1, 0.15) is 23.5 Å². The van der Waals surface area contributed by atoms with Gasteiger partial charge < -0.3 is 20.3 Å². The summed E-state index contributed by atoms with van der Waals surface area (Å²) in [6.45, 7) is 8.01. The van der Waals surface area contributed by atoms with Gasteiger partial charge in [-0.1, -0.05) is 30.0 Å². The fourth-order valence-corrected chi connectivity index (χ4v) is 7.63. The van der Waals surface area contributed by atoms with E-state index >= 15 is 0 Å². The van der Waals surface area contributed by atoms with Crippen LogP contribution >= 0.6 is 22.7 Å². The van der Waals surface area contributed by atoms with Crippen molar-refractivity contribution in [3.63, 3.8) is 0 Å². The molecule has 1 atom stereocenters. The average Bonchev–Trinajstić information content (AvgIpc) is 3.78. The lowest BCUT2D eigenvalue weighted by atomic mass is 9.98. The molecule has 6 rings (SSSR count). The van der Waals surface area contributed by atoms with E-state index in [1.54, 1.807) is 22.7 Å². The number of ether oxygens (including phenoxy) is 2. The van der Waals surface area contributed by atoms with Crippen molar-refractivity contribution < 1.29 is 19.4 Å². The monoisotopic (exact) mass is 694 g/mol. The van der Waals surface area contributed by atoms with Gasteiger partial charge in [-0.2, -0.15) is 0 Å². The number of hydrogen-bond acceptors (Lipinski definition) is 10. The Morgan fingerprint density at radius 1 is 1.02 bits per heavy atom. The molecule has 0 bridgehead atoms. The van der Waals surface area contributed by atoms with Crippen molar-refractivity contribution in [3.8, 4) is 16.8 Å². The predicted octanol–water partition coefficient (Wildman–Crippen LogP) is 6.07. The lowest BCUT2D eigenvalue weighted by molar-refractivity contribution is -0.136. The molecule has 252 valence electrons. The van der Waals surface area contributed by atoms with Crippen molar-refractivity contribution in [1.29, 1.82) is 0 Å². The van der Waals surface area contributed by atoms with Crippen LogP contribution in [0.3, 0.4) is 0 Å². The molecule has 2 aromatic carbocycles. The first-order chi connectivity index (χ1) is 23.8. The van der Waals surface area contributed by atoms with Gasteiger partial charge in [-0.3, -0.25) is 14.4 Å². The van der Waals surface area contributed by atoms with Crippen LogP contribution < -0.4 is 5.73 Å². The number of aliphatic imine (C=N–C) groups is 1. The number of carbonyl (C=O) groups is 1. The first-order valence-electron chi connectivity index (χ1n) is 16.1. The number of thiophene rings is 1. The van der Waals surface area contributed by atoms with E-state index in [-0.39, 0.29) is 12.5 Å². The molecule has 0 spiro atoms. The van der Waals surface area contributed by atoms with E-state index in [1.807, 2.05) is 48.8 Å². The third kappa shape index (κ3) is 8.32. The number of hydrogen-bond donors (Lipinski definition) is 2. The van der Waals surface area contributed by atoms with E-state index in [9.17, 15) is 4.79 Å². The molecule has 0 amide bonds. The third-order valence-corrected chi connectivity index (χ3v) is 10.3. The van der Waals surface area contributed by atoms with Crippen LogP contribution in [0, 0.1) is 32.6 Å². The van der Waals surface area contributed by atoms with E-state index < -0.39 is 5.97 Å². The zero-order chi connectivity index (χ0) is 34.3. The summed E-state index contributed by atoms with van der Waals surface area (Å²) < 4.78 is 13.6. The second-order valence-electron chi connectivity index (χ2n) is 11.8. The SMILES string of the molecule is Cc1sc2c(c1C)C(c1ccc(C#CCOCCOCCc3cc(N)cc(CCC(=O)O)c3)cc1)=N[C@@H](Cc1nccs1)c1nnc(C)n1-2. The van der Waals surface area contributed by atoms with Crippen LogP contribution in [-0.4, -0.2) is 63.0 Å². The number of aromatic nitrogens is 4. The van der Waals surface area contributed by atoms with Crippen molar-refractivity contribution >= 4 is 40.0 Å². The molecule has 0 saturated carbocycles. The topological polar surface area (TPSA) is 138 Å². The van der Waals surface area contributed by atoms with Crippen LogP contribution in [-0.2, 0) is 33.5 Å². The zero-order valence-corrected chi connectivity index (χ0v) is 29.4. The second kappa shape index (κ2) is 15.7. The van der Waals surface area contributed by atoms with Crippen molar-refractivity contribution in [2.75, 3.05) is 32.2 Å². The maximum Gasteiger partial charge on any atom is 0.303 e. The Balaban J connectivity index is 1.05. The van der Waals surface area contributed by atoms with Crippen LogP contribution in [0.1, 0.15) is 67.4 Å². The smallest absolute Gasteiger partial charge is 0.303 e. The Labute approximate surface area is 293 Å². The van der Waals surface area contributed by atoms with Crippen LogP contribution in [0.15, 0.2) is 59.0 Å². The summed E-state index contributed by atoms with van der Waals surface area (Å²) in [4.78, 5) is 22.0. The predicted molar refractivity (Wildman–Crippen MR) is 193 cm³/mol. The van der Waals surface area contributed by atoms with Gasteiger partial charge in [0, 0.05) is 51.7 Å². The molecule has 49 heavy (non-hydrogen) atoms. The fourth-order valence-electron chi connectivity index (χ4n) is 5.76. The van der Waals surface area contributed by atoms with Gasteiger partial charge in [0.15, 0.2) is 5.82 Å². The Morgan fingerprint density at radius 3 is 2.55 bits per heavy atom. The minimum atomic E-state index is -0.821. The molecule has 0 radical (unpaired) electrons. The largest absolute Gasteiger partial charge is 0.481 e. The molecular weight excluding hydrogens is 657 g/mol. The normalized spacial score (nSPS) is 13.6. The summed E-state index contributed by atoms with van der Waals surface area (Å²) in [7, 11) is 0. The van der Waals surface area contributed by atoms with Gasteiger partial charge in [0.05, 0.1) is 30.5 Å². The highest BCUT2D eigenvalue weighted by Crippen LogP contribution is 2.39. The quantitative estimate of drug-likeness (QED) is 0.0861. The summed E-state index contributed by atoms with van der Waals surface area (Å²) in [5, 5.41) is 22.1. The number of anilines is 1. The number of rotatable bonds is 13. The number of aryl methyl sites for hydroxylation is 3. The van der Waals surface area contributed by atoms with Crippen LogP contribution in [0.25, 0.3) is 5.00 Å². The number of aliphatic carboxylic acids is 1. The Kier molecular flexibility index (Phi) is 11.0. The minimum Gasteiger partial charge on any atom is -0.481 e. The van der Waals surface area contributed by atoms with Gasteiger partial charge >= 0.3 is 5.97 Å². The number of nitrogen functional groups attached to an aromatic ring is 1. The van der Waals surface area contributed by atoms with Crippen LogP contribution in [0.2, 0.25) is 0 Å². The standard InChI is InChI=1S/C37H38N6O4S2/c1-23-24(2)49-37-34(23)35(40-31(22-32-39-13-18-48-32)36-42-41-25(3)43(36)37)29-9-6-26(7-10-29)5-4-14-46-16-17-47-15-12-28-19-27(8-11-33(44)45)20-30(38)21-28/h6-7,9-10,13,18-21,31H,8,11-12,14-17,22,38H2,1-3H3,(H,44,45)/t31-/m0/s1. The molecule has 0 saturated heterocycles. The first-order valence-corrected chi connectivity index (χ1v) is 17.8. The van der Waals surface area contributed by atoms with Gasteiger partial charge in [-0.05, 0) is 74.6 Å². The van der Waals surface area contributed by atoms with E-state index in [2.05, 4.69) is 57.6 Å². The van der Waals surface area contributed by atoms with Crippen LogP contribution in [0.4, 0.5) is 5.69 Å². The molecule has 1 aliphatic heterocycles. The molecule has 5 aromatic rings. The maximum atomic E-state index is 10.9. The second-order valence-corrected chi connectivity index (χ2v) is 14.0. The fraction of sp³-hybridized carbons (Fsp3) is 0.324. The molecule has 1 aliphatic rings. The summed E-state index contributed by atoms with van der Waals surface area (Å²) in [5.74, 6) is 7.16. The van der Waals surface area contributed by atoms with Crippen molar-refractivity contribution in [2.45, 2.75) is 52.5 Å². The van der Waals surface area contributed by atoms with Gasteiger partial charge in [-0.25, -0.2) is 4.98 Å². The van der Waals surface area contributed by atoms with Gasteiger partial charge in [0.2, 0.25) is 0 Å². The number of fused-ring (bicyclic) bond motifs is 3. The highest BCUT2D eigenvalue weighted by molar-refractivity contribution is 7.15. The highest BCUT2D eigenvalue weighted by atomic mass is 32.1. The van der Waals surface area contributed by atoms with E-state index in [4.69, 9.17) is 25.3 Å². The molecule has 12 heteroatoms. The minimum absolute atomic E-state index is 0.0810. The Bertz CT molecular complexity index is 2020. The molecule has 0 unspecified atom stereocenters. The third-order valence-electron chi connectivity index (χ3n) is 8.27. The number of thiazole rings is 1. The molecule has 0 aliphatic carbocycles. The number of carboxylic acids is 1. The molecule has 3 N–H and O–H groups in total. The van der Waals surface area contributed by atoms with E-state index in [0.29, 0.717) is 51.4 Å². The number of carboxylic acid groups (broad SMARTS) is 1. The molecule has 0 fully saturated rings. The molecule has 4 heterocycles. The van der Waals surface area contributed by atoms with Crippen LogP contribution in [0.5, 0.6) is 0 Å². The first kappa shape index (κ1) is 34.2. The molecule has 3 aromatic heterocycles. The Morgan fingerprint density at radius 2 is 1.80 bits per heavy atom. The lowest BCUT2D eigenvalue weighted by Gasteiger charge is -2.11. The Hall–Kier alpha value is -4.67.